The van der Waals surface area contributed by atoms with Crippen LogP contribution in [-0.4, -0.2) is 9.97 Å². The van der Waals surface area contributed by atoms with Crippen LogP contribution in [0.25, 0.3) is 0 Å². The number of thiophene rings is 1. The zero-order valence-corrected chi connectivity index (χ0v) is 12.0. The summed E-state index contributed by atoms with van der Waals surface area (Å²) < 4.78 is 0. The van der Waals surface area contributed by atoms with E-state index in [1.165, 1.54) is 11.2 Å². The molecule has 0 amide bonds. The van der Waals surface area contributed by atoms with Crippen LogP contribution in [0.1, 0.15) is 36.8 Å². The summed E-state index contributed by atoms with van der Waals surface area (Å²) in [6.45, 7) is 4.25. The van der Waals surface area contributed by atoms with E-state index in [-0.39, 0.29) is 6.04 Å². The highest BCUT2D eigenvalue weighted by Gasteiger charge is 2.13. The number of rotatable bonds is 6. The summed E-state index contributed by atoms with van der Waals surface area (Å²) in [5.74, 6) is 7.05. The monoisotopic (exact) mass is 277 g/mol. The number of hydrogen-bond donors (Lipinski definition) is 3. The van der Waals surface area contributed by atoms with Crippen molar-refractivity contribution in [3.05, 3.63) is 34.3 Å². The summed E-state index contributed by atoms with van der Waals surface area (Å²) >= 11 is 1.73. The molecule has 0 radical (unpaired) electrons. The summed E-state index contributed by atoms with van der Waals surface area (Å²) in [5, 5.41) is 5.51. The fourth-order valence-electron chi connectivity index (χ4n) is 1.96. The Morgan fingerprint density at radius 2 is 2.16 bits per heavy atom. The van der Waals surface area contributed by atoms with E-state index in [2.05, 4.69) is 52.1 Å². The Hall–Kier alpha value is -1.66. The number of anilines is 2. The molecular weight excluding hydrogens is 258 g/mol. The zero-order valence-electron chi connectivity index (χ0n) is 11.2. The minimum atomic E-state index is 0.219. The molecule has 0 saturated carbocycles. The number of nitrogens with two attached hydrogens (primary N) is 1. The minimum Gasteiger partial charge on any atom is -0.362 e. The van der Waals surface area contributed by atoms with Gasteiger partial charge in [0, 0.05) is 10.4 Å². The lowest BCUT2D eigenvalue weighted by atomic mass is 10.1. The van der Waals surface area contributed by atoms with Crippen molar-refractivity contribution in [2.75, 3.05) is 10.7 Å². The lowest BCUT2D eigenvalue weighted by molar-refractivity contribution is 0.858. The number of aromatic nitrogens is 2. The van der Waals surface area contributed by atoms with Crippen molar-refractivity contribution in [2.24, 2.45) is 5.84 Å². The van der Waals surface area contributed by atoms with Gasteiger partial charge in [-0.1, -0.05) is 19.4 Å². The van der Waals surface area contributed by atoms with Gasteiger partial charge >= 0.3 is 0 Å². The number of nitrogens with one attached hydrogen (secondary N) is 2. The molecule has 2 aromatic rings. The Bertz CT molecular complexity index is 512. The van der Waals surface area contributed by atoms with E-state index in [0.29, 0.717) is 5.82 Å². The molecule has 4 N–H and O–H groups in total. The molecule has 0 aliphatic carbocycles. The fourth-order valence-corrected chi connectivity index (χ4v) is 2.70. The van der Waals surface area contributed by atoms with E-state index < -0.39 is 0 Å². The lowest BCUT2D eigenvalue weighted by Gasteiger charge is -2.17. The predicted octanol–water partition coefficient (Wildman–Crippen LogP) is 2.95. The summed E-state index contributed by atoms with van der Waals surface area (Å²) in [4.78, 5) is 9.79. The molecule has 0 fully saturated rings. The smallest absolute Gasteiger partial charge is 0.148 e. The second-order valence-corrected chi connectivity index (χ2v) is 5.30. The first kappa shape index (κ1) is 13.8. The molecule has 0 saturated heterocycles. The summed E-state index contributed by atoms with van der Waals surface area (Å²) in [6, 6.07) is 4.39. The molecule has 0 aliphatic heterocycles. The van der Waals surface area contributed by atoms with Gasteiger partial charge in [-0.15, -0.1) is 11.3 Å². The van der Waals surface area contributed by atoms with E-state index in [1.807, 2.05) is 0 Å². The van der Waals surface area contributed by atoms with Crippen molar-refractivity contribution in [3.8, 4) is 0 Å². The highest BCUT2D eigenvalue weighted by atomic mass is 32.1. The van der Waals surface area contributed by atoms with E-state index in [1.54, 1.807) is 11.3 Å². The normalized spacial score (nSPS) is 12.2. The standard InChI is InChI=1S/C13H19N5S/c1-3-5-10-12(15-8-16-13(10)18-14)17-9(2)11-6-4-7-19-11/h4,6-9H,3,5,14H2,1-2H3,(H2,15,16,17,18). The Morgan fingerprint density at radius 3 is 2.79 bits per heavy atom. The average Bonchev–Trinajstić information content (AvgIpc) is 2.95. The summed E-state index contributed by atoms with van der Waals surface area (Å²) in [6.07, 6.45) is 3.43. The van der Waals surface area contributed by atoms with E-state index >= 15 is 0 Å². The Kier molecular flexibility index (Phi) is 4.70. The molecule has 1 unspecified atom stereocenters. The van der Waals surface area contributed by atoms with Gasteiger partial charge in [-0.25, -0.2) is 15.8 Å². The van der Waals surface area contributed by atoms with Crippen molar-refractivity contribution in [1.82, 2.24) is 9.97 Å². The molecule has 0 spiro atoms. The maximum absolute atomic E-state index is 5.51. The Balaban J connectivity index is 2.24. The van der Waals surface area contributed by atoms with Crippen LogP contribution in [0.4, 0.5) is 11.6 Å². The van der Waals surface area contributed by atoms with Crippen LogP contribution >= 0.6 is 11.3 Å². The van der Waals surface area contributed by atoms with Crippen LogP contribution in [0.5, 0.6) is 0 Å². The number of hydrogen-bond acceptors (Lipinski definition) is 6. The minimum absolute atomic E-state index is 0.219. The zero-order chi connectivity index (χ0) is 13.7. The highest BCUT2D eigenvalue weighted by molar-refractivity contribution is 7.10. The second kappa shape index (κ2) is 6.49. The molecule has 1 atom stereocenters. The number of nitrogens with zero attached hydrogens (tertiary/aromatic N) is 2. The van der Waals surface area contributed by atoms with Gasteiger partial charge in [0.25, 0.3) is 0 Å². The molecular formula is C13H19N5S. The van der Waals surface area contributed by atoms with Gasteiger partial charge in [0.1, 0.15) is 18.0 Å². The van der Waals surface area contributed by atoms with Crippen molar-refractivity contribution in [1.29, 1.82) is 0 Å². The topological polar surface area (TPSA) is 75.9 Å². The molecule has 6 heteroatoms. The van der Waals surface area contributed by atoms with E-state index in [4.69, 9.17) is 5.84 Å². The Morgan fingerprint density at radius 1 is 1.37 bits per heavy atom. The van der Waals surface area contributed by atoms with Crippen molar-refractivity contribution in [2.45, 2.75) is 32.7 Å². The van der Waals surface area contributed by atoms with E-state index in [0.717, 1.165) is 24.2 Å². The molecule has 2 aromatic heterocycles. The third kappa shape index (κ3) is 3.21. The largest absolute Gasteiger partial charge is 0.362 e. The highest BCUT2D eigenvalue weighted by Crippen LogP contribution is 2.26. The van der Waals surface area contributed by atoms with Gasteiger partial charge in [-0.3, -0.25) is 0 Å². The third-order valence-corrected chi connectivity index (χ3v) is 3.96. The van der Waals surface area contributed by atoms with Crippen LogP contribution in [0, 0.1) is 0 Å². The second-order valence-electron chi connectivity index (χ2n) is 4.33. The van der Waals surface area contributed by atoms with Crippen molar-refractivity contribution >= 4 is 23.0 Å². The molecule has 2 heterocycles. The maximum Gasteiger partial charge on any atom is 0.148 e. The van der Waals surface area contributed by atoms with Crippen LogP contribution < -0.4 is 16.6 Å². The van der Waals surface area contributed by atoms with Gasteiger partial charge in [0.2, 0.25) is 0 Å². The molecule has 0 bridgehead atoms. The van der Waals surface area contributed by atoms with Crippen molar-refractivity contribution < 1.29 is 0 Å². The third-order valence-electron chi connectivity index (χ3n) is 2.91. The van der Waals surface area contributed by atoms with Crippen LogP contribution in [0.3, 0.4) is 0 Å². The summed E-state index contributed by atoms with van der Waals surface area (Å²) in [5.41, 5.74) is 3.68. The molecule has 2 rings (SSSR count). The maximum atomic E-state index is 5.51. The molecule has 5 nitrogen and oxygen atoms in total. The van der Waals surface area contributed by atoms with Gasteiger partial charge in [-0.2, -0.15) is 0 Å². The Labute approximate surface area is 117 Å². The van der Waals surface area contributed by atoms with Gasteiger partial charge in [0.15, 0.2) is 0 Å². The molecule has 102 valence electrons. The first-order chi connectivity index (χ1) is 9.26. The van der Waals surface area contributed by atoms with Gasteiger partial charge in [0.05, 0.1) is 6.04 Å². The molecule has 0 aromatic carbocycles. The van der Waals surface area contributed by atoms with Gasteiger partial charge in [-0.05, 0) is 24.8 Å². The molecule has 0 aliphatic rings. The van der Waals surface area contributed by atoms with Gasteiger partial charge < -0.3 is 10.7 Å². The first-order valence-electron chi connectivity index (χ1n) is 6.36. The SMILES string of the molecule is CCCc1c(NN)ncnc1NC(C)c1cccs1. The average molecular weight is 277 g/mol. The fraction of sp³-hybridized carbons (Fsp3) is 0.385. The molecule has 19 heavy (non-hydrogen) atoms. The van der Waals surface area contributed by atoms with E-state index in [9.17, 15) is 0 Å². The van der Waals surface area contributed by atoms with Crippen LogP contribution in [0.15, 0.2) is 23.8 Å². The lowest BCUT2D eigenvalue weighted by Crippen LogP contribution is -2.15. The quantitative estimate of drug-likeness (QED) is 0.559. The number of hydrazine groups is 1. The number of nitrogen functional groups attached to an aromatic ring is 1. The van der Waals surface area contributed by atoms with Crippen LogP contribution in [0.2, 0.25) is 0 Å². The van der Waals surface area contributed by atoms with Crippen LogP contribution in [-0.2, 0) is 6.42 Å². The summed E-state index contributed by atoms with van der Waals surface area (Å²) in [7, 11) is 0. The predicted molar refractivity (Wildman–Crippen MR) is 80.2 cm³/mol. The first-order valence-corrected chi connectivity index (χ1v) is 7.24. The van der Waals surface area contributed by atoms with Crippen molar-refractivity contribution in [3.63, 3.8) is 0 Å².